The maximum atomic E-state index is 5.90. The van der Waals surface area contributed by atoms with Gasteiger partial charge in [0.25, 0.3) is 0 Å². The maximum Gasteiger partial charge on any atom is 0.139 e. The number of nitrogens with zero attached hydrogens (tertiary/aromatic N) is 2. The molecule has 1 N–H and O–H groups in total. The molecule has 3 heterocycles. The molecule has 4 nitrogen and oxygen atoms in total. The normalized spacial score (nSPS) is 17.1. The monoisotopic (exact) mass is 329 g/mol. The topological polar surface area (TPSA) is 39.1 Å². The van der Waals surface area contributed by atoms with Gasteiger partial charge >= 0.3 is 0 Å². The molecule has 120 valence electrons. The number of hydrogen-bond donors (Lipinski definition) is 1. The van der Waals surface area contributed by atoms with Crippen molar-refractivity contribution in [2.24, 2.45) is 0 Å². The molecule has 1 atom stereocenters. The van der Waals surface area contributed by atoms with E-state index in [0.717, 1.165) is 18.0 Å². The quantitative estimate of drug-likeness (QED) is 0.795. The first kappa shape index (κ1) is 15.8. The number of fused-ring (bicyclic) bond motifs is 1. The summed E-state index contributed by atoms with van der Waals surface area (Å²) in [5, 5.41) is 4.67. The van der Waals surface area contributed by atoms with Crippen LogP contribution in [-0.4, -0.2) is 28.7 Å². The van der Waals surface area contributed by atoms with Gasteiger partial charge in [-0.05, 0) is 36.9 Å². The van der Waals surface area contributed by atoms with Crippen LogP contribution in [0.4, 0.5) is 0 Å². The minimum Gasteiger partial charge on any atom is -0.490 e. The van der Waals surface area contributed by atoms with Crippen LogP contribution in [0.3, 0.4) is 0 Å². The van der Waals surface area contributed by atoms with Gasteiger partial charge < -0.3 is 14.6 Å². The van der Waals surface area contributed by atoms with E-state index >= 15 is 0 Å². The lowest BCUT2D eigenvalue weighted by molar-refractivity contribution is 0.276. The van der Waals surface area contributed by atoms with Crippen LogP contribution in [-0.2, 0) is 0 Å². The number of para-hydroxylation sites is 1. The van der Waals surface area contributed by atoms with Gasteiger partial charge in [0.15, 0.2) is 0 Å². The minimum atomic E-state index is 0. The van der Waals surface area contributed by atoms with Crippen LogP contribution in [0.2, 0.25) is 0 Å². The standard InChI is InChI=1S/C18H19N3O.ClH/c1-2-6-18-14(4-1)7-9-21(18)16-10-17(12-19-11-16)22-13-15-5-3-8-20-15;/h1-2,4,6-7,9-12,15,20H,3,5,8,13H2;1H/t15-;/m0./s1. The van der Waals surface area contributed by atoms with Crippen molar-refractivity contribution in [3.63, 3.8) is 0 Å². The fourth-order valence-electron chi connectivity index (χ4n) is 3.02. The Hall–Kier alpha value is -2.04. The zero-order chi connectivity index (χ0) is 14.8. The zero-order valence-electron chi connectivity index (χ0n) is 12.8. The van der Waals surface area contributed by atoms with E-state index < -0.39 is 0 Å². The molecule has 23 heavy (non-hydrogen) atoms. The fourth-order valence-corrected chi connectivity index (χ4v) is 3.02. The van der Waals surface area contributed by atoms with Crippen LogP contribution in [0.15, 0.2) is 55.0 Å². The Morgan fingerprint density at radius 2 is 2.13 bits per heavy atom. The van der Waals surface area contributed by atoms with Gasteiger partial charge in [-0.3, -0.25) is 4.98 Å². The Morgan fingerprint density at radius 3 is 3.00 bits per heavy atom. The third kappa shape index (κ3) is 3.33. The maximum absolute atomic E-state index is 5.90. The summed E-state index contributed by atoms with van der Waals surface area (Å²) in [6, 6.07) is 13.0. The van der Waals surface area contributed by atoms with Crippen molar-refractivity contribution in [2.75, 3.05) is 13.2 Å². The van der Waals surface area contributed by atoms with E-state index in [4.69, 9.17) is 4.74 Å². The minimum absolute atomic E-state index is 0. The molecule has 1 fully saturated rings. The second-order valence-corrected chi connectivity index (χ2v) is 5.73. The van der Waals surface area contributed by atoms with Gasteiger partial charge in [0.1, 0.15) is 12.4 Å². The predicted octanol–water partition coefficient (Wildman–Crippen LogP) is 3.58. The zero-order valence-corrected chi connectivity index (χ0v) is 13.6. The lowest BCUT2D eigenvalue weighted by atomic mass is 10.2. The lowest BCUT2D eigenvalue weighted by Crippen LogP contribution is -2.28. The van der Waals surface area contributed by atoms with Crippen molar-refractivity contribution >= 4 is 23.3 Å². The van der Waals surface area contributed by atoms with Gasteiger partial charge in [0.2, 0.25) is 0 Å². The summed E-state index contributed by atoms with van der Waals surface area (Å²) >= 11 is 0. The highest BCUT2D eigenvalue weighted by Gasteiger charge is 2.14. The second kappa shape index (κ2) is 7.02. The molecule has 1 aliphatic rings. The molecule has 0 aliphatic carbocycles. The molecule has 0 radical (unpaired) electrons. The highest BCUT2D eigenvalue weighted by atomic mass is 35.5. The van der Waals surface area contributed by atoms with Gasteiger partial charge in [-0.2, -0.15) is 0 Å². The Labute approximate surface area is 141 Å². The smallest absolute Gasteiger partial charge is 0.139 e. The average molecular weight is 330 g/mol. The van der Waals surface area contributed by atoms with E-state index in [1.807, 2.05) is 12.3 Å². The first-order valence-corrected chi connectivity index (χ1v) is 7.78. The molecule has 5 heteroatoms. The van der Waals surface area contributed by atoms with E-state index in [1.54, 1.807) is 6.20 Å². The van der Waals surface area contributed by atoms with Crippen molar-refractivity contribution in [3.05, 3.63) is 55.0 Å². The van der Waals surface area contributed by atoms with Crippen LogP contribution >= 0.6 is 12.4 Å². The van der Waals surface area contributed by atoms with Crippen LogP contribution in [0, 0.1) is 0 Å². The molecule has 1 saturated heterocycles. The molecule has 4 rings (SSSR count). The van der Waals surface area contributed by atoms with Crippen molar-refractivity contribution < 1.29 is 4.74 Å². The summed E-state index contributed by atoms with van der Waals surface area (Å²) < 4.78 is 8.04. The molecular formula is C18H20ClN3O. The van der Waals surface area contributed by atoms with Crippen molar-refractivity contribution in [1.82, 2.24) is 14.9 Å². The number of pyridine rings is 1. The molecule has 1 aliphatic heterocycles. The molecule has 0 amide bonds. The van der Waals surface area contributed by atoms with E-state index in [0.29, 0.717) is 12.6 Å². The summed E-state index contributed by atoms with van der Waals surface area (Å²) in [4.78, 5) is 4.33. The first-order chi connectivity index (χ1) is 10.9. The Bertz CT molecular complexity index is 781. The number of nitrogens with one attached hydrogen (secondary N) is 1. The molecule has 1 aromatic carbocycles. The molecule has 2 aromatic heterocycles. The SMILES string of the molecule is Cl.c1ccc2c(c1)ccn2-c1cncc(OC[C@@H]2CCCN2)c1. The van der Waals surface area contributed by atoms with Gasteiger partial charge in [-0.15, -0.1) is 12.4 Å². The summed E-state index contributed by atoms with van der Waals surface area (Å²) in [5.41, 5.74) is 2.21. The third-order valence-corrected chi connectivity index (χ3v) is 4.19. The first-order valence-electron chi connectivity index (χ1n) is 7.78. The van der Waals surface area contributed by atoms with E-state index in [1.165, 1.54) is 23.7 Å². The van der Waals surface area contributed by atoms with Gasteiger partial charge in [0, 0.05) is 18.3 Å². The van der Waals surface area contributed by atoms with E-state index in [9.17, 15) is 0 Å². The fraction of sp³-hybridized carbons (Fsp3) is 0.278. The molecule has 0 unspecified atom stereocenters. The van der Waals surface area contributed by atoms with Gasteiger partial charge in [-0.1, -0.05) is 18.2 Å². The number of hydrogen-bond acceptors (Lipinski definition) is 3. The summed E-state index contributed by atoms with van der Waals surface area (Å²) in [6.45, 7) is 1.80. The van der Waals surface area contributed by atoms with Crippen LogP contribution in [0.5, 0.6) is 5.75 Å². The Morgan fingerprint density at radius 1 is 1.22 bits per heavy atom. The summed E-state index contributed by atoms with van der Waals surface area (Å²) in [5.74, 6) is 0.823. The highest BCUT2D eigenvalue weighted by Crippen LogP contribution is 2.22. The summed E-state index contributed by atoms with van der Waals surface area (Å²) in [7, 11) is 0. The molecule has 0 bridgehead atoms. The van der Waals surface area contributed by atoms with Crippen molar-refractivity contribution in [1.29, 1.82) is 0 Å². The molecular weight excluding hydrogens is 310 g/mol. The van der Waals surface area contributed by atoms with Crippen molar-refractivity contribution in [3.8, 4) is 11.4 Å². The van der Waals surface area contributed by atoms with Crippen molar-refractivity contribution in [2.45, 2.75) is 18.9 Å². The number of aromatic nitrogens is 2. The highest BCUT2D eigenvalue weighted by molar-refractivity contribution is 5.85. The number of ether oxygens (including phenoxy) is 1. The largest absolute Gasteiger partial charge is 0.490 e. The van der Waals surface area contributed by atoms with Gasteiger partial charge in [-0.25, -0.2) is 0 Å². The molecule has 3 aromatic rings. The Kier molecular flexibility index (Phi) is 4.84. The van der Waals surface area contributed by atoms with E-state index in [2.05, 4.69) is 51.4 Å². The number of benzene rings is 1. The summed E-state index contributed by atoms with van der Waals surface area (Å²) in [6.07, 6.45) is 8.15. The van der Waals surface area contributed by atoms with Crippen LogP contribution < -0.4 is 10.1 Å². The molecule has 0 spiro atoms. The number of rotatable bonds is 4. The van der Waals surface area contributed by atoms with E-state index in [-0.39, 0.29) is 12.4 Å². The second-order valence-electron chi connectivity index (χ2n) is 5.73. The lowest BCUT2D eigenvalue weighted by Gasteiger charge is -2.13. The average Bonchev–Trinajstić information content (AvgIpc) is 3.23. The number of halogens is 1. The van der Waals surface area contributed by atoms with Gasteiger partial charge in [0.05, 0.1) is 23.6 Å². The predicted molar refractivity (Wildman–Crippen MR) is 94.8 cm³/mol. The van der Waals surface area contributed by atoms with Crippen LogP contribution in [0.25, 0.3) is 16.6 Å². The Balaban J connectivity index is 0.00000156. The third-order valence-electron chi connectivity index (χ3n) is 4.19. The van der Waals surface area contributed by atoms with Crippen LogP contribution in [0.1, 0.15) is 12.8 Å². The molecule has 0 saturated carbocycles.